The Morgan fingerprint density at radius 3 is 2.53 bits per heavy atom. The second-order valence-electron chi connectivity index (χ2n) is 5.79. The fraction of sp³-hybridized carbons (Fsp3) is 1.00. The quantitative estimate of drug-likeness (QED) is 0.767. The molecule has 1 N–H and O–H groups in total. The molecule has 0 aromatic carbocycles. The minimum atomic E-state index is 0.648. The summed E-state index contributed by atoms with van der Waals surface area (Å²) in [7, 11) is 0. The summed E-state index contributed by atoms with van der Waals surface area (Å²) in [4.78, 5) is 0. The van der Waals surface area contributed by atoms with E-state index in [2.05, 4.69) is 5.32 Å². The van der Waals surface area contributed by atoms with Crippen LogP contribution in [0.3, 0.4) is 0 Å². The van der Waals surface area contributed by atoms with E-state index >= 15 is 0 Å². The minimum absolute atomic E-state index is 0.648. The molecule has 2 saturated carbocycles. The molecule has 1 aliphatic heterocycles. The maximum atomic E-state index is 5.51. The summed E-state index contributed by atoms with van der Waals surface area (Å²) < 4.78 is 5.51. The third-order valence-electron chi connectivity index (χ3n) is 4.70. The Morgan fingerprint density at radius 2 is 2.00 bits per heavy atom. The van der Waals surface area contributed by atoms with Gasteiger partial charge >= 0.3 is 0 Å². The summed E-state index contributed by atoms with van der Waals surface area (Å²) in [6.07, 6.45) is 10.0. The molecule has 3 rings (SSSR count). The first-order valence-corrected chi connectivity index (χ1v) is 6.70. The van der Waals surface area contributed by atoms with Gasteiger partial charge in [0.2, 0.25) is 0 Å². The van der Waals surface area contributed by atoms with E-state index < -0.39 is 0 Å². The van der Waals surface area contributed by atoms with Crippen molar-refractivity contribution in [2.75, 3.05) is 19.8 Å². The fourth-order valence-electron chi connectivity index (χ4n) is 3.31. The summed E-state index contributed by atoms with van der Waals surface area (Å²) in [6.45, 7) is 3.19. The van der Waals surface area contributed by atoms with Gasteiger partial charge in [-0.1, -0.05) is 6.42 Å². The van der Waals surface area contributed by atoms with Gasteiger partial charge in [-0.25, -0.2) is 0 Å². The number of nitrogens with one attached hydrogen (secondary N) is 1. The van der Waals surface area contributed by atoms with Crippen LogP contribution in [0.15, 0.2) is 0 Å². The lowest BCUT2D eigenvalue weighted by Gasteiger charge is -2.44. The highest BCUT2D eigenvalue weighted by Crippen LogP contribution is 2.56. The first-order chi connectivity index (χ1) is 7.39. The molecule has 3 fully saturated rings. The van der Waals surface area contributed by atoms with E-state index in [1.807, 2.05) is 0 Å². The van der Waals surface area contributed by atoms with Gasteiger partial charge < -0.3 is 10.1 Å². The highest BCUT2D eigenvalue weighted by atomic mass is 16.5. The van der Waals surface area contributed by atoms with Gasteiger partial charge in [-0.05, 0) is 49.9 Å². The Hall–Kier alpha value is -0.0800. The highest BCUT2D eigenvalue weighted by Gasteiger charge is 2.48. The molecule has 2 heteroatoms. The average Bonchev–Trinajstić information content (AvgIpc) is 3.02. The van der Waals surface area contributed by atoms with E-state index in [1.54, 1.807) is 0 Å². The Bertz CT molecular complexity index is 215. The van der Waals surface area contributed by atoms with Crippen molar-refractivity contribution in [2.24, 2.45) is 11.3 Å². The van der Waals surface area contributed by atoms with Crippen LogP contribution >= 0.6 is 0 Å². The van der Waals surface area contributed by atoms with Crippen molar-refractivity contribution in [2.45, 2.75) is 51.0 Å². The van der Waals surface area contributed by atoms with Gasteiger partial charge in [0.1, 0.15) is 0 Å². The minimum Gasteiger partial charge on any atom is -0.380 e. The van der Waals surface area contributed by atoms with E-state index in [0.717, 1.165) is 24.5 Å². The van der Waals surface area contributed by atoms with Crippen molar-refractivity contribution in [3.05, 3.63) is 0 Å². The summed E-state index contributed by atoms with van der Waals surface area (Å²) in [5.41, 5.74) is 0.720. The molecule has 0 amide bonds. The van der Waals surface area contributed by atoms with Gasteiger partial charge in [0.15, 0.2) is 0 Å². The van der Waals surface area contributed by atoms with Crippen LogP contribution in [-0.2, 0) is 4.74 Å². The molecule has 2 nitrogen and oxygen atoms in total. The lowest BCUT2D eigenvalue weighted by Crippen LogP contribution is -2.47. The van der Waals surface area contributed by atoms with Gasteiger partial charge in [0, 0.05) is 19.2 Å². The molecular weight excluding hydrogens is 186 g/mol. The normalized spacial score (nSPS) is 34.8. The highest BCUT2D eigenvalue weighted by molar-refractivity contribution is 5.01. The number of hydrogen-bond acceptors (Lipinski definition) is 2. The number of rotatable bonds is 4. The second-order valence-corrected chi connectivity index (χ2v) is 5.79. The molecule has 1 atom stereocenters. The van der Waals surface area contributed by atoms with Gasteiger partial charge in [0.25, 0.3) is 0 Å². The third-order valence-corrected chi connectivity index (χ3v) is 4.70. The van der Waals surface area contributed by atoms with Crippen LogP contribution < -0.4 is 5.32 Å². The Labute approximate surface area is 92.8 Å². The molecule has 3 aliphatic rings. The van der Waals surface area contributed by atoms with Crippen LogP contribution in [0.25, 0.3) is 0 Å². The zero-order valence-electron chi connectivity index (χ0n) is 9.63. The topological polar surface area (TPSA) is 21.3 Å². The summed E-state index contributed by atoms with van der Waals surface area (Å²) in [5.74, 6) is 1.07. The Kier molecular flexibility index (Phi) is 2.73. The van der Waals surface area contributed by atoms with E-state index in [9.17, 15) is 0 Å². The largest absolute Gasteiger partial charge is 0.380 e. The van der Waals surface area contributed by atoms with Crippen LogP contribution in [0, 0.1) is 11.3 Å². The van der Waals surface area contributed by atoms with Crippen molar-refractivity contribution in [3.63, 3.8) is 0 Å². The molecule has 1 saturated heterocycles. The van der Waals surface area contributed by atoms with Crippen LogP contribution in [0.4, 0.5) is 0 Å². The summed E-state index contributed by atoms with van der Waals surface area (Å²) in [5, 5.41) is 3.76. The molecule has 1 unspecified atom stereocenters. The zero-order valence-corrected chi connectivity index (χ0v) is 9.63. The monoisotopic (exact) mass is 209 g/mol. The number of ether oxygens (including phenoxy) is 1. The van der Waals surface area contributed by atoms with Crippen molar-refractivity contribution >= 4 is 0 Å². The van der Waals surface area contributed by atoms with Crippen LogP contribution in [-0.4, -0.2) is 25.8 Å². The average molecular weight is 209 g/mol. The number of hydrogen-bond donors (Lipinski definition) is 1. The maximum Gasteiger partial charge on any atom is 0.0619 e. The van der Waals surface area contributed by atoms with Crippen molar-refractivity contribution in [3.8, 4) is 0 Å². The molecule has 0 radical (unpaired) electrons. The molecule has 0 aromatic rings. The first kappa shape index (κ1) is 10.1. The molecule has 86 valence electrons. The Morgan fingerprint density at radius 1 is 1.13 bits per heavy atom. The molecule has 0 bridgehead atoms. The smallest absolute Gasteiger partial charge is 0.0619 e. The molecule has 0 aromatic heterocycles. The van der Waals surface area contributed by atoms with E-state index in [-0.39, 0.29) is 0 Å². The lowest BCUT2D eigenvalue weighted by atomic mass is 9.65. The third kappa shape index (κ3) is 2.07. The van der Waals surface area contributed by atoms with Gasteiger partial charge in [-0.2, -0.15) is 0 Å². The fourth-order valence-corrected chi connectivity index (χ4v) is 3.31. The SMILES string of the molecule is C1COCC(NCC2(C3CC3)CCC2)C1. The van der Waals surface area contributed by atoms with E-state index in [4.69, 9.17) is 4.74 Å². The van der Waals surface area contributed by atoms with Crippen LogP contribution in [0.2, 0.25) is 0 Å². The second kappa shape index (κ2) is 4.06. The first-order valence-electron chi connectivity index (χ1n) is 6.70. The Balaban J connectivity index is 1.47. The molecular formula is C13H23NO. The van der Waals surface area contributed by atoms with E-state index in [1.165, 1.54) is 51.5 Å². The van der Waals surface area contributed by atoms with Crippen molar-refractivity contribution < 1.29 is 4.74 Å². The lowest BCUT2D eigenvalue weighted by molar-refractivity contribution is 0.0485. The van der Waals surface area contributed by atoms with Crippen LogP contribution in [0.1, 0.15) is 44.9 Å². The predicted octanol–water partition coefficient (Wildman–Crippen LogP) is 2.34. The molecule has 0 spiro atoms. The van der Waals surface area contributed by atoms with Gasteiger partial charge in [0.05, 0.1) is 6.61 Å². The molecule has 1 heterocycles. The molecule has 2 aliphatic carbocycles. The van der Waals surface area contributed by atoms with Crippen molar-refractivity contribution in [1.82, 2.24) is 5.32 Å². The molecule has 15 heavy (non-hydrogen) atoms. The zero-order chi connectivity index (χ0) is 10.1. The summed E-state index contributed by atoms with van der Waals surface area (Å²) >= 11 is 0. The maximum absolute atomic E-state index is 5.51. The van der Waals surface area contributed by atoms with Crippen LogP contribution in [0.5, 0.6) is 0 Å². The van der Waals surface area contributed by atoms with Gasteiger partial charge in [-0.15, -0.1) is 0 Å². The van der Waals surface area contributed by atoms with E-state index in [0.29, 0.717) is 6.04 Å². The summed E-state index contributed by atoms with van der Waals surface area (Å²) in [6, 6.07) is 0.648. The standard InChI is InChI=1S/C13H23NO/c1-3-12(9-15-8-1)14-10-13(6-2-7-13)11-4-5-11/h11-12,14H,1-10H2. The van der Waals surface area contributed by atoms with Gasteiger partial charge in [-0.3, -0.25) is 0 Å². The predicted molar refractivity (Wildman–Crippen MR) is 60.9 cm³/mol. The van der Waals surface area contributed by atoms with Crippen molar-refractivity contribution in [1.29, 1.82) is 0 Å².